The van der Waals surface area contributed by atoms with Crippen LogP contribution in [0.25, 0.3) is 0 Å². The molecule has 0 amide bonds. The van der Waals surface area contributed by atoms with Gasteiger partial charge in [0.2, 0.25) is 0 Å². The van der Waals surface area contributed by atoms with Crippen molar-refractivity contribution < 1.29 is 9.90 Å². The molecule has 0 bridgehead atoms. The molecular weight excluding hydrogens is 166 g/mol. The van der Waals surface area contributed by atoms with Crippen LogP contribution >= 0.6 is 0 Å². The highest BCUT2D eigenvalue weighted by molar-refractivity contribution is 5.75. The first-order valence-corrected chi connectivity index (χ1v) is 3.95. The second-order valence-corrected chi connectivity index (χ2v) is 2.51. The zero-order valence-electron chi connectivity index (χ0n) is 7.10. The standard InChI is InChI=1S/C10H11NO2/c12-7-1-6-11-10-4-2-9(8-13)3-5-10/h1-5,7-8,11-12H,6H2. The van der Waals surface area contributed by atoms with Crippen molar-refractivity contribution in [2.75, 3.05) is 11.9 Å². The molecule has 3 heteroatoms. The molecular formula is C10H11NO2. The highest BCUT2D eigenvalue weighted by atomic mass is 16.2. The summed E-state index contributed by atoms with van der Waals surface area (Å²) in [6.45, 7) is 0.566. The van der Waals surface area contributed by atoms with Crippen LogP contribution in [0.5, 0.6) is 0 Å². The Balaban J connectivity index is 2.53. The van der Waals surface area contributed by atoms with Crippen molar-refractivity contribution in [1.82, 2.24) is 0 Å². The van der Waals surface area contributed by atoms with Crippen LogP contribution in [-0.4, -0.2) is 17.9 Å². The molecule has 0 aliphatic carbocycles. The molecule has 0 aromatic heterocycles. The lowest BCUT2D eigenvalue weighted by molar-refractivity contribution is 0.112. The molecule has 0 aliphatic heterocycles. The van der Waals surface area contributed by atoms with Crippen LogP contribution in [0.4, 0.5) is 5.69 Å². The van der Waals surface area contributed by atoms with E-state index in [0.717, 1.165) is 18.2 Å². The quantitative estimate of drug-likeness (QED) is 0.546. The minimum Gasteiger partial charge on any atom is -0.516 e. The molecule has 0 atom stereocenters. The van der Waals surface area contributed by atoms with E-state index in [0.29, 0.717) is 12.1 Å². The van der Waals surface area contributed by atoms with Gasteiger partial charge < -0.3 is 10.4 Å². The van der Waals surface area contributed by atoms with Crippen molar-refractivity contribution in [2.24, 2.45) is 0 Å². The predicted octanol–water partition coefficient (Wildman–Crippen LogP) is 1.98. The number of benzene rings is 1. The van der Waals surface area contributed by atoms with E-state index in [-0.39, 0.29) is 0 Å². The van der Waals surface area contributed by atoms with Gasteiger partial charge in [0.15, 0.2) is 0 Å². The maximum absolute atomic E-state index is 10.3. The number of nitrogens with one attached hydrogen (secondary N) is 1. The van der Waals surface area contributed by atoms with Gasteiger partial charge in [-0.1, -0.05) is 0 Å². The van der Waals surface area contributed by atoms with E-state index >= 15 is 0 Å². The third-order valence-corrected chi connectivity index (χ3v) is 1.58. The largest absolute Gasteiger partial charge is 0.516 e. The monoisotopic (exact) mass is 177 g/mol. The molecule has 13 heavy (non-hydrogen) atoms. The first kappa shape index (κ1) is 9.32. The molecule has 0 aliphatic rings. The Kier molecular flexibility index (Phi) is 3.57. The Labute approximate surface area is 76.7 Å². The smallest absolute Gasteiger partial charge is 0.150 e. The molecule has 68 valence electrons. The molecule has 1 aromatic rings. The van der Waals surface area contributed by atoms with E-state index in [2.05, 4.69) is 5.32 Å². The molecule has 3 nitrogen and oxygen atoms in total. The lowest BCUT2D eigenvalue weighted by Crippen LogP contribution is -1.97. The maximum atomic E-state index is 10.3. The van der Waals surface area contributed by atoms with Crippen molar-refractivity contribution in [3.63, 3.8) is 0 Å². The Morgan fingerprint density at radius 3 is 2.54 bits per heavy atom. The second kappa shape index (κ2) is 4.98. The van der Waals surface area contributed by atoms with Gasteiger partial charge in [0, 0.05) is 17.8 Å². The number of rotatable bonds is 4. The molecule has 1 rings (SSSR count). The van der Waals surface area contributed by atoms with Gasteiger partial charge in [-0.15, -0.1) is 0 Å². The normalized spacial score (nSPS) is 10.2. The average Bonchev–Trinajstić information content (AvgIpc) is 2.19. The van der Waals surface area contributed by atoms with Crippen molar-refractivity contribution in [2.45, 2.75) is 0 Å². The van der Waals surface area contributed by atoms with Crippen LogP contribution in [0.15, 0.2) is 36.6 Å². The predicted molar refractivity (Wildman–Crippen MR) is 52.1 cm³/mol. The van der Waals surface area contributed by atoms with Crippen LogP contribution in [-0.2, 0) is 0 Å². The number of hydrogen-bond donors (Lipinski definition) is 2. The molecule has 0 saturated heterocycles. The van der Waals surface area contributed by atoms with Gasteiger partial charge >= 0.3 is 0 Å². The zero-order chi connectivity index (χ0) is 9.52. The maximum Gasteiger partial charge on any atom is 0.150 e. The van der Waals surface area contributed by atoms with Crippen molar-refractivity contribution in [3.8, 4) is 0 Å². The van der Waals surface area contributed by atoms with Crippen molar-refractivity contribution >= 4 is 12.0 Å². The Morgan fingerprint density at radius 2 is 2.00 bits per heavy atom. The summed E-state index contributed by atoms with van der Waals surface area (Å²) >= 11 is 0. The third kappa shape index (κ3) is 2.99. The van der Waals surface area contributed by atoms with Crippen molar-refractivity contribution in [1.29, 1.82) is 0 Å². The summed E-state index contributed by atoms with van der Waals surface area (Å²) in [5.41, 5.74) is 1.58. The second-order valence-electron chi connectivity index (χ2n) is 2.51. The number of aliphatic hydroxyl groups is 1. The fraction of sp³-hybridized carbons (Fsp3) is 0.100. The van der Waals surface area contributed by atoms with E-state index < -0.39 is 0 Å². The topological polar surface area (TPSA) is 49.3 Å². The summed E-state index contributed by atoms with van der Waals surface area (Å²) < 4.78 is 0. The molecule has 0 saturated carbocycles. The molecule has 0 radical (unpaired) electrons. The summed E-state index contributed by atoms with van der Waals surface area (Å²) in [5, 5.41) is 11.4. The van der Waals surface area contributed by atoms with E-state index in [1.165, 1.54) is 0 Å². The Bertz CT molecular complexity index is 290. The van der Waals surface area contributed by atoms with Gasteiger partial charge in [0.05, 0.1) is 6.26 Å². The number of anilines is 1. The lowest BCUT2D eigenvalue weighted by atomic mass is 10.2. The SMILES string of the molecule is O=Cc1ccc(NCC=CO)cc1. The van der Waals surface area contributed by atoms with Gasteiger partial charge in [-0.25, -0.2) is 0 Å². The van der Waals surface area contributed by atoms with E-state index in [1.807, 2.05) is 12.1 Å². The number of aldehydes is 1. The van der Waals surface area contributed by atoms with Crippen molar-refractivity contribution in [3.05, 3.63) is 42.2 Å². The average molecular weight is 177 g/mol. The van der Waals surface area contributed by atoms with E-state index in [1.54, 1.807) is 18.2 Å². The van der Waals surface area contributed by atoms with Gasteiger partial charge in [-0.3, -0.25) is 4.79 Å². The van der Waals surface area contributed by atoms with Crippen LogP contribution < -0.4 is 5.32 Å². The van der Waals surface area contributed by atoms with Crippen LogP contribution in [0.1, 0.15) is 10.4 Å². The highest BCUT2D eigenvalue weighted by Crippen LogP contribution is 2.07. The fourth-order valence-corrected chi connectivity index (χ4v) is 0.909. The zero-order valence-corrected chi connectivity index (χ0v) is 7.10. The summed E-state index contributed by atoms with van der Waals surface area (Å²) in [6, 6.07) is 7.10. The van der Waals surface area contributed by atoms with Crippen LogP contribution in [0.3, 0.4) is 0 Å². The third-order valence-electron chi connectivity index (χ3n) is 1.58. The molecule has 1 aromatic carbocycles. The molecule has 0 fully saturated rings. The minimum atomic E-state index is 0.566. The van der Waals surface area contributed by atoms with Gasteiger partial charge in [0.1, 0.15) is 6.29 Å². The van der Waals surface area contributed by atoms with Gasteiger partial charge in [-0.2, -0.15) is 0 Å². The number of carbonyl (C=O) groups excluding carboxylic acids is 1. The summed E-state index contributed by atoms with van der Waals surface area (Å²) in [6.07, 6.45) is 3.39. The Morgan fingerprint density at radius 1 is 1.31 bits per heavy atom. The molecule has 0 heterocycles. The van der Waals surface area contributed by atoms with Crippen LogP contribution in [0, 0.1) is 0 Å². The minimum absolute atomic E-state index is 0.566. The van der Waals surface area contributed by atoms with Crippen LogP contribution in [0.2, 0.25) is 0 Å². The Hall–Kier alpha value is -1.77. The van der Waals surface area contributed by atoms with E-state index in [4.69, 9.17) is 5.11 Å². The molecule has 2 N–H and O–H groups in total. The summed E-state index contributed by atoms with van der Waals surface area (Å²) in [4.78, 5) is 10.3. The summed E-state index contributed by atoms with van der Waals surface area (Å²) in [7, 11) is 0. The van der Waals surface area contributed by atoms with Gasteiger partial charge in [-0.05, 0) is 30.3 Å². The number of aliphatic hydroxyl groups excluding tert-OH is 1. The first-order chi connectivity index (χ1) is 6.36. The molecule has 0 spiro atoms. The summed E-state index contributed by atoms with van der Waals surface area (Å²) in [5.74, 6) is 0. The first-order valence-electron chi connectivity index (χ1n) is 3.95. The number of hydrogen-bond acceptors (Lipinski definition) is 3. The molecule has 0 unspecified atom stereocenters. The number of carbonyl (C=O) groups is 1. The fourth-order valence-electron chi connectivity index (χ4n) is 0.909. The lowest BCUT2D eigenvalue weighted by Gasteiger charge is -2.01. The van der Waals surface area contributed by atoms with Gasteiger partial charge in [0.25, 0.3) is 0 Å². The highest BCUT2D eigenvalue weighted by Gasteiger charge is 1.90. The van der Waals surface area contributed by atoms with E-state index in [9.17, 15) is 4.79 Å².